The van der Waals surface area contributed by atoms with Gasteiger partial charge in [-0.2, -0.15) is 0 Å². The van der Waals surface area contributed by atoms with Crippen molar-refractivity contribution >= 4 is 11.1 Å². The lowest BCUT2D eigenvalue weighted by Gasteiger charge is -2.16. The highest BCUT2D eigenvalue weighted by atomic mass is 16.3. The Bertz CT molecular complexity index is 444. The first-order valence-electron chi connectivity index (χ1n) is 5.39. The average Bonchev–Trinajstić information content (AvgIpc) is 2.82. The van der Waals surface area contributed by atoms with Gasteiger partial charge in [0.05, 0.1) is 6.04 Å². The predicted octanol–water partition coefficient (Wildman–Crippen LogP) is 2.59. The Kier molecular flexibility index (Phi) is 1.99. The first-order chi connectivity index (χ1) is 7.34. The van der Waals surface area contributed by atoms with E-state index in [0.717, 1.165) is 23.4 Å². The van der Waals surface area contributed by atoms with Gasteiger partial charge in [-0.05, 0) is 44.6 Å². The summed E-state index contributed by atoms with van der Waals surface area (Å²) in [5, 5.41) is 1.10. The molecule has 0 aliphatic carbocycles. The van der Waals surface area contributed by atoms with Gasteiger partial charge in [0.2, 0.25) is 5.71 Å². The van der Waals surface area contributed by atoms with E-state index in [1.54, 1.807) is 6.20 Å². The zero-order valence-electron chi connectivity index (χ0n) is 8.81. The molecule has 0 N–H and O–H groups in total. The second-order valence-corrected chi connectivity index (χ2v) is 4.19. The SMILES string of the molecule is CN1CCCC1c1cc2cccnc2o1. The number of nitrogens with zero attached hydrogens (tertiary/aromatic N) is 2. The van der Waals surface area contributed by atoms with Crippen molar-refractivity contribution in [3.8, 4) is 0 Å². The molecule has 78 valence electrons. The molecule has 3 rings (SSSR count). The molecule has 1 fully saturated rings. The molecule has 3 heterocycles. The summed E-state index contributed by atoms with van der Waals surface area (Å²) in [7, 11) is 2.15. The molecule has 0 aromatic carbocycles. The maximum Gasteiger partial charge on any atom is 0.226 e. The first kappa shape index (κ1) is 8.92. The smallest absolute Gasteiger partial charge is 0.226 e. The molecule has 0 radical (unpaired) electrons. The number of fused-ring (bicyclic) bond motifs is 1. The molecule has 1 aliphatic rings. The van der Waals surface area contributed by atoms with Gasteiger partial charge in [0.25, 0.3) is 0 Å². The Labute approximate surface area is 88.7 Å². The summed E-state index contributed by atoms with van der Waals surface area (Å²) in [6, 6.07) is 6.55. The fraction of sp³-hybridized carbons (Fsp3) is 0.417. The Hall–Kier alpha value is -1.35. The third kappa shape index (κ3) is 1.43. The van der Waals surface area contributed by atoms with E-state index in [9.17, 15) is 0 Å². The minimum absolute atomic E-state index is 0.444. The van der Waals surface area contributed by atoms with Crippen LogP contribution in [0.25, 0.3) is 11.1 Å². The van der Waals surface area contributed by atoms with Crippen LogP contribution in [0.3, 0.4) is 0 Å². The molecular formula is C12H14N2O. The number of hydrogen-bond acceptors (Lipinski definition) is 3. The molecule has 15 heavy (non-hydrogen) atoms. The molecular weight excluding hydrogens is 188 g/mol. The number of pyridine rings is 1. The number of likely N-dealkylation sites (tertiary alicyclic amines) is 1. The van der Waals surface area contributed by atoms with Gasteiger partial charge < -0.3 is 4.42 Å². The van der Waals surface area contributed by atoms with Crippen LogP contribution in [0.2, 0.25) is 0 Å². The fourth-order valence-corrected chi connectivity index (χ4v) is 2.33. The molecule has 2 aromatic rings. The maximum atomic E-state index is 5.77. The minimum atomic E-state index is 0.444. The fourth-order valence-electron chi connectivity index (χ4n) is 2.33. The van der Waals surface area contributed by atoms with Crippen molar-refractivity contribution in [2.75, 3.05) is 13.6 Å². The Morgan fingerprint density at radius 3 is 3.20 bits per heavy atom. The van der Waals surface area contributed by atoms with Crippen LogP contribution in [0.15, 0.2) is 28.8 Å². The van der Waals surface area contributed by atoms with Gasteiger partial charge >= 0.3 is 0 Å². The highest BCUT2D eigenvalue weighted by molar-refractivity contribution is 5.73. The molecule has 3 heteroatoms. The summed E-state index contributed by atoms with van der Waals surface area (Å²) in [6.07, 6.45) is 4.22. The molecule has 0 amide bonds. The van der Waals surface area contributed by atoms with Crippen LogP contribution in [0.5, 0.6) is 0 Å². The molecule has 1 unspecified atom stereocenters. The van der Waals surface area contributed by atoms with Gasteiger partial charge in [-0.1, -0.05) is 0 Å². The maximum absolute atomic E-state index is 5.77. The average molecular weight is 202 g/mol. The summed E-state index contributed by atoms with van der Waals surface area (Å²) in [5.74, 6) is 1.06. The van der Waals surface area contributed by atoms with Gasteiger partial charge in [-0.15, -0.1) is 0 Å². The molecule has 1 saturated heterocycles. The summed E-state index contributed by atoms with van der Waals surface area (Å²) in [6.45, 7) is 1.16. The van der Waals surface area contributed by atoms with Crippen LogP contribution in [-0.4, -0.2) is 23.5 Å². The molecule has 0 spiro atoms. The topological polar surface area (TPSA) is 29.3 Å². The number of furan rings is 1. The van der Waals surface area contributed by atoms with Crippen molar-refractivity contribution in [3.63, 3.8) is 0 Å². The van der Waals surface area contributed by atoms with Gasteiger partial charge in [0.1, 0.15) is 5.76 Å². The van der Waals surface area contributed by atoms with E-state index < -0.39 is 0 Å². The van der Waals surface area contributed by atoms with Crippen molar-refractivity contribution in [3.05, 3.63) is 30.2 Å². The quantitative estimate of drug-likeness (QED) is 0.711. The van der Waals surface area contributed by atoms with Crippen LogP contribution in [0.4, 0.5) is 0 Å². The van der Waals surface area contributed by atoms with E-state index in [4.69, 9.17) is 4.42 Å². The van der Waals surface area contributed by atoms with E-state index in [0.29, 0.717) is 6.04 Å². The summed E-state index contributed by atoms with van der Waals surface area (Å²) in [4.78, 5) is 6.56. The number of aromatic nitrogens is 1. The van der Waals surface area contributed by atoms with Crippen LogP contribution in [0, 0.1) is 0 Å². The first-order valence-corrected chi connectivity index (χ1v) is 5.39. The third-order valence-corrected chi connectivity index (χ3v) is 3.16. The largest absolute Gasteiger partial charge is 0.441 e. The van der Waals surface area contributed by atoms with E-state index >= 15 is 0 Å². The van der Waals surface area contributed by atoms with Crippen LogP contribution < -0.4 is 0 Å². The van der Waals surface area contributed by atoms with E-state index in [1.165, 1.54) is 12.8 Å². The molecule has 0 saturated carbocycles. The monoisotopic (exact) mass is 202 g/mol. The minimum Gasteiger partial charge on any atom is -0.441 e. The molecule has 0 bridgehead atoms. The summed E-state index contributed by atoms with van der Waals surface area (Å²) in [5.41, 5.74) is 0.757. The Morgan fingerprint density at radius 2 is 2.47 bits per heavy atom. The predicted molar refractivity (Wildman–Crippen MR) is 58.6 cm³/mol. The Balaban J connectivity index is 2.04. The Morgan fingerprint density at radius 1 is 1.53 bits per heavy atom. The standard InChI is InChI=1S/C12H14N2O/c1-14-7-3-5-10(14)11-8-9-4-2-6-13-12(9)15-11/h2,4,6,8,10H,3,5,7H2,1H3. The van der Waals surface area contributed by atoms with Gasteiger partial charge in [-0.25, -0.2) is 4.98 Å². The van der Waals surface area contributed by atoms with E-state index in [1.807, 2.05) is 12.1 Å². The van der Waals surface area contributed by atoms with Crippen molar-refractivity contribution in [2.45, 2.75) is 18.9 Å². The molecule has 1 aliphatic heterocycles. The van der Waals surface area contributed by atoms with Crippen molar-refractivity contribution in [1.29, 1.82) is 0 Å². The number of hydrogen-bond donors (Lipinski definition) is 0. The van der Waals surface area contributed by atoms with E-state index in [-0.39, 0.29) is 0 Å². The van der Waals surface area contributed by atoms with Gasteiger partial charge in [0, 0.05) is 11.6 Å². The van der Waals surface area contributed by atoms with Gasteiger partial charge in [-0.3, -0.25) is 4.90 Å². The summed E-state index contributed by atoms with van der Waals surface area (Å²) >= 11 is 0. The molecule has 2 aromatic heterocycles. The molecule has 3 nitrogen and oxygen atoms in total. The zero-order chi connectivity index (χ0) is 10.3. The highest BCUT2D eigenvalue weighted by Crippen LogP contribution is 2.33. The second kappa shape index (κ2) is 3.35. The van der Waals surface area contributed by atoms with Crippen molar-refractivity contribution in [1.82, 2.24) is 9.88 Å². The van der Waals surface area contributed by atoms with Crippen LogP contribution >= 0.6 is 0 Å². The van der Waals surface area contributed by atoms with Crippen LogP contribution in [0.1, 0.15) is 24.6 Å². The van der Waals surface area contributed by atoms with E-state index in [2.05, 4.69) is 23.0 Å². The highest BCUT2D eigenvalue weighted by Gasteiger charge is 2.25. The van der Waals surface area contributed by atoms with Gasteiger partial charge in [0.15, 0.2) is 0 Å². The lowest BCUT2D eigenvalue weighted by Crippen LogP contribution is -2.16. The van der Waals surface area contributed by atoms with Crippen LogP contribution in [-0.2, 0) is 0 Å². The summed E-state index contributed by atoms with van der Waals surface area (Å²) < 4.78 is 5.77. The lowest BCUT2D eigenvalue weighted by molar-refractivity contribution is 0.280. The zero-order valence-corrected chi connectivity index (χ0v) is 8.81. The van der Waals surface area contributed by atoms with Crippen molar-refractivity contribution < 1.29 is 4.42 Å². The lowest BCUT2D eigenvalue weighted by atomic mass is 10.1. The second-order valence-electron chi connectivity index (χ2n) is 4.19. The van der Waals surface area contributed by atoms with Crippen molar-refractivity contribution in [2.24, 2.45) is 0 Å². The third-order valence-electron chi connectivity index (χ3n) is 3.16. The normalized spacial score (nSPS) is 22.6. The molecule has 1 atom stereocenters. The number of rotatable bonds is 1.